The summed E-state index contributed by atoms with van der Waals surface area (Å²) in [7, 11) is 0. The minimum Gasteiger partial charge on any atom is -0.454 e. The van der Waals surface area contributed by atoms with Crippen LogP contribution in [0.4, 0.5) is 4.39 Å². The second kappa shape index (κ2) is 8.06. The maximum Gasteiger partial charge on any atom is 0.343 e. The smallest absolute Gasteiger partial charge is 0.343 e. The van der Waals surface area contributed by atoms with E-state index in [4.69, 9.17) is 16.3 Å². The molecule has 0 radical (unpaired) electrons. The number of Topliss-reactive ketones (excluding diaryl/α,β-unsaturated/α-hetero) is 1. The van der Waals surface area contributed by atoms with Gasteiger partial charge in [0.2, 0.25) is 5.78 Å². The number of hydrogen-bond acceptors (Lipinski definition) is 4. The molecule has 0 aliphatic carbocycles. The molecule has 4 nitrogen and oxygen atoms in total. The molecule has 0 atom stereocenters. The number of thiophene rings is 1. The average molecular weight is 406 g/mol. The quantitative estimate of drug-likeness (QED) is 0.426. The predicted molar refractivity (Wildman–Crippen MR) is 103 cm³/mol. The lowest BCUT2D eigenvalue weighted by Gasteiger charge is -2.09. The molecule has 3 rings (SSSR count). The predicted octanol–water partition coefficient (Wildman–Crippen LogP) is 5.05. The Balaban J connectivity index is 1.72. The first kappa shape index (κ1) is 19.3. The Labute approximate surface area is 165 Å². The van der Waals surface area contributed by atoms with Crippen molar-refractivity contribution in [2.45, 2.75) is 20.4 Å². The Morgan fingerprint density at radius 3 is 2.67 bits per heavy atom. The molecule has 0 aliphatic rings. The van der Waals surface area contributed by atoms with Crippen LogP contribution in [-0.2, 0) is 11.3 Å². The number of ketones is 1. The second-order valence-corrected chi connectivity index (χ2v) is 7.49. The number of carbonyl (C=O) groups is 2. The topological polar surface area (TPSA) is 48.3 Å². The van der Waals surface area contributed by atoms with Crippen molar-refractivity contribution >= 4 is 34.7 Å². The highest BCUT2D eigenvalue weighted by atomic mass is 35.5. The molecule has 0 bridgehead atoms. The molecule has 2 aromatic heterocycles. The third-order valence-electron chi connectivity index (χ3n) is 4.27. The minimum absolute atomic E-state index is 0.0541. The molecule has 2 heterocycles. The van der Waals surface area contributed by atoms with Gasteiger partial charge in [0.05, 0.1) is 11.6 Å². The summed E-state index contributed by atoms with van der Waals surface area (Å²) in [6.07, 6.45) is 0. The van der Waals surface area contributed by atoms with Crippen LogP contribution in [0.1, 0.15) is 37.0 Å². The number of esters is 1. The lowest BCUT2D eigenvalue weighted by Crippen LogP contribution is -2.16. The lowest BCUT2D eigenvalue weighted by atomic mass is 10.1. The molecule has 0 N–H and O–H groups in total. The first-order valence-corrected chi connectivity index (χ1v) is 9.47. The number of rotatable bonds is 6. The van der Waals surface area contributed by atoms with Crippen LogP contribution in [0.5, 0.6) is 0 Å². The molecule has 0 unspecified atom stereocenters. The first-order valence-electron chi connectivity index (χ1n) is 8.22. The van der Waals surface area contributed by atoms with Crippen molar-refractivity contribution in [2.24, 2.45) is 0 Å². The molecular formula is C20H17ClFNO3S. The van der Waals surface area contributed by atoms with Crippen LogP contribution in [0.15, 0.2) is 41.8 Å². The summed E-state index contributed by atoms with van der Waals surface area (Å²) >= 11 is 7.49. The zero-order valence-corrected chi connectivity index (χ0v) is 16.4. The van der Waals surface area contributed by atoms with Gasteiger partial charge in [-0.25, -0.2) is 9.18 Å². The summed E-state index contributed by atoms with van der Waals surface area (Å²) in [5.74, 6) is -2.09. The lowest BCUT2D eigenvalue weighted by molar-refractivity contribution is 0.0470. The van der Waals surface area contributed by atoms with Gasteiger partial charge >= 0.3 is 5.97 Å². The Kier molecular flexibility index (Phi) is 5.77. The van der Waals surface area contributed by atoms with Gasteiger partial charge in [0, 0.05) is 21.8 Å². The third-order valence-corrected chi connectivity index (χ3v) is 5.45. The minimum atomic E-state index is -0.959. The maximum absolute atomic E-state index is 13.8. The van der Waals surface area contributed by atoms with Crippen molar-refractivity contribution in [1.29, 1.82) is 0 Å². The van der Waals surface area contributed by atoms with E-state index < -0.39 is 18.4 Å². The Bertz CT molecular complexity index is 975. The first-order chi connectivity index (χ1) is 12.9. The summed E-state index contributed by atoms with van der Waals surface area (Å²) in [6.45, 7) is 3.96. The van der Waals surface area contributed by atoms with E-state index in [1.54, 1.807) is 17.4 Å². The van der Waals surface area contributed by atoms with E-state index >= 15 is 0 Å². The van der Waals surface area contributed by atoms with Crippen LogP contribution in [-0.4, -0.2) is 22.9 Å². The van der Waals surface area contributed by atoms with Gasteiger partial charge < -0.3 is 9.30 Å². The molecule has 0 aliphatic heterocycles. The monoisotopic (exact) mass is 405 g/mol. The molecule has 0 amide bonds. The van der Waals surface area contributed by atoms with Gasteiger partial charge in [-0.3, -0.25) is 4.79 Å². The number of carbonyl (C=O) groups excluding carboxylic acids is 2. The fourth-order valence-corrected chi connectivity index (χ4v) is 3.79. The number of aryl methyl sites for hydroxylation is 1. The zero-order valence-electron chi connectivity index (χ0n) is 14.8. The van der Waals surface area contributed by atoms with Crippen molar-refractivity contribution < 1.29 is 18.7 Å². The van der Waals surface area contributed by atoms with Gasteiger partial charge in [0.1, 0.15) is 11.4 Å². The van der Waals surface area contributed by atoms with E-state index in [1.165, 1.54) is 17.0 Å². The number of ether oxygens (including phenoxy) is 1. The molecular weight excluding hydrogens is 389 g/mol. The molecule has 1 aromatic carbocycles. The van der Waals surface area contributed by atoms with Crippen molar-refractivity contribution in [3.8, 4) is 0 Å². The summed E-state index contributed by atoms with van der Waals surface area (Å²) in [5.41, 5.74) is 1.85. The number of benzene rings is 1. The number of nitrogens with zero attached hydrogens (tertiary/aromatic N) is 1. The van der Waals surface area contributed by atoms with E-state index in [0.717, 1.165) is 17.5 Å². The summed E-state index contributed by atoms with van der Waals surface area (Å²) < 4.78 is 20.8. The highest BCUT2D eigenvalue weighted by Crippen LogP contribution is 2.22. The van der Waals surface area contributed by atoms with Crippen LogP contribution < -0.4 is 0 Å². The normalized spacial score (nSPS) is 10.8. The van der Waals surface area contributed by atoms with Crippen molar-refractivity contribution in [2.75, 3.05) is 6.61 Å². The fraction of sp³-hybridized carbons (Fsp3) is 0.200. The molecule has 0 fully saturated rings. The van der Waals surface area contributed by atoms with Crippen molar-refractivity contribution in [3.05, 3.63) is 80.0 Å². The van der Waals surface area contributed by atoms with Gasteiger partial charge in [-0.2, -0.15) is 0 Å². The maximum atomic E-state index is 13.8. The summed E-state index contributed by atoms with van der Waals surface area (Å²) in [4.78, 5) is 25.8. The van der Waals surface area contributed by atoms with E-state index in [0.29, 0.717) is 12.1 Å². The van der Waals surface area contributed by atoms with Gasteiger partial charge in [-0.1, -0.05) is 23.7 Å². The van der Waals surface area contributed by atoms with Crippen LogP contribution in [0.2, 0.25) is 5.02 Å². The number of aromatic nitrogens is 1. The molecule has 27 heavy (non-hydrogen) atoms. The zero-order chi connectivity index (χ0) is 19.6. The standard InChI is InChI=1S/C20H17ClFNO3S/c1-12-9-15(13(2)23(12)10-14-5-4-8-27-14)18(24)11-26-20(25)19-16(21)6-3-7-17(19)22/h3-9H,10-11H2,1-2H3. The molecule has 3 aromatic rings. The molecule has 140 valence electrons. The highest BCUT2D eigenvalue weighted by molar-refractivity contribution is 7.09. The van der Waals surface area contributed by atoms with Gasteiger partial charge in [0.25, 0.3) is 0 Å². The van der Waals surface area contributed by atoms with Crippen LogP contribution in [0.3, 0.4) is 0 Å². The Hall–Kier alpha value is -2.44. The van der Waals surface area contributed by atoms with Crippen LogP contribution >= 0.6 is 22.9 Å². The van der Waals surface area contributed by atoms with E-state index in [1.807, 2.05) is 35.9 Å². The van der Waals surface area contributed by atoms with Gasteiger partial charge in [0.15, 0.2) is 6.61 Å². The Morgan fingerprint density at radius 1 is 1.22 bits per heavy atom. The van der Waals surface area contributed by atoms with Gasteiger partial charge in [-0.05, 0) is 43.5 Å². The number of halogens is 2. The van der Waals surface area contributed by atoms with E-state index in [-0.39, 0.29) is 16.4 Å². The third kappa shape index (κ3) is 4.12. The summed E-state index contributed by atoms with van der Waals surface area (Å²) in [5, 5.41) is 1.95. The highest BCUT2D eigenvalue weighted by Gasteiger charge is 2.21. The van der Waals surface area contributed by atoms with Crippen LogP contribution in [0, 0.1) is 19.7 Å². The van der Waals surface area contributed by atoms with Gasteiger partial charge in [-0.15, -0.1) is 11.3 Å². The SMILES string of the molecule is Cc1cc(C(=O)COC(=O)c2c(F)cccc2Cl)c(C)n1Cc1cccs1. The summed E-state index contributed by atoms with van der Waals surface area (Å²) in [6, 6.07) is 9.68. The molecule has 0 saturated heterocycles. The molecule has 0 spiro atoms. The Morgan fingerprint density at radius 2 is 2.00 bits per heavy atom. The van der Waals surface area contributed by atoms with Crippen molar-refractivity contribution in [1.82, 2.24) is 4.57 Å². The molecule has 7 heteroatoms. The average Bonchev–Trinajstić information content (AvgIpc) is 3.23. The second-order valence-electron chi connectivity index (χ2n) is 6.05. The fourth-order valence-electron chi connectivity index (χ4n) is 2.86. The largest absolute Gasteiger partial charge is 0.454 e. The van der Waals surface area contributed by atoms with E-state index in [9.17, 15) is 14.0 Å². The van der Waals surface area contributed by atoms with E-state index in [2.05, 4.69) is 0 Å². The van der Waals surface area contributed by atoms with Crippen LogP contribution in [0.25, 0.3) is 0 Å². The molecule has 0 saturated carbocycles. The number of hydrogen-bond donors (Lipinski definition) is 0. The van der Waals surface area contributed by atoms with Crippen molar-refractivity contribution in [3.63, 3.8) is 0 Å².